The van der Waals surface area contributed by atoms with Gasteiger partial charge in [-0.05, 0) is 31.0 Å². The lowest BCUT2D eigenvalue weighted by atomic mass is 10.0. The molecule has 0 aliphatic carbocycles. The summed E-state index contributed by atoms with van der Waals surface area (Å²) >= 11 is 0. The van der Waals surface area contributed by atoms with Crippen LogP contribution in [0.5, 0.6) is 0 Å². The molecule has 1 aromatic carbocycles. The number of para-hydroxylation sites is 1. The van der Waals surface area contributed by atoms with Crippen LogP contribution in [-0.4, -0.2) is 25.4 Å². The van der Waals surface area contributed by atoms with Crippen LogP contribution in [0.1, 0.15) is 6.42 Å². The maximum atomic E-state index is 11.1. The third kappa shape index (κ3) is 1.88. The maximum absolute atomic E-state index is 11.1. The first-order valence-corrected chi connectivity index (χ1v) is 5.34. The highest BCUT2D eigenvalue weighted by Crippen LogP contribution is 2.27. The molecule has 0 saturated carbocycles. The second-order valence-electron chi connectivity index (χ2n) is 3.94. The van der Waals surface area contributed by atoms with E-state index in [1.807, 2.05) is 30.3 Å². The number of carbonyl (C=O) groups excluding carboxylic acids is 1. The lowest BCUT2D eigenvalue weighted by Gasteiger charge is -2.24. The lowest BCUT2D eigenvalue weighted by Crippen LogP contribution is -2.36. The van der Waals surface area contributed by atoms with E-state index < -0.39 is 0 Å². The molecular formula is C12H16N2O. The molecule has 3 heteroatoms. The molecule has 15 heavy (non-hydrogen) atoms. The Hall–Kier alpha value is -1.35. The van der Waals surface area contributed by atoms with Gasteiger partial charge in [-0.1, -0.05) is 18.2 Å². The van der Waals surface area contributed by atoms with Crippen molar-refractivity contribution >= 4 is 12.0 Å². The Morgan fingerprint density at radius 2 is 2.13 bits per heavy atom. The number of aldehydes is 1. The van der Waals surface area contributed by atoms with Gasteiger partial charge >= 0.3 is 0 Å². The maximum Gasteiger partial charge on any atom is 0.142 e. The van der Waals surface area contributed by atoms with E-state index in [1.165, 1.54) is 0 Å². The highest BCUT2D eigenvalue weighted by atomic mass is 16.1. The van der Waals surface area contributed by atoms with Gasteiger partial charge in [0.15, 0.2) is 0 Å². The summed E-state index contributed by atoms with van der Waals surface area (Å²) in [5, 5.41) is 0. The van der Waals surface area contributed by atoms with Gasteiger partial charge in [0, 0.05) is 12.2 Å². The second kappa shape index (κ2) is 4.45. The van der Waals surface area contributed by atoms with E-state index in [1.54, 1.807) is 0 Å². The summed E-state index contributed by atoms with van der Waals surface area (Å²) in [5.74, 6) is 0.308. The fourth-order valence-corrected chi connectivity index (χ4v) is 2.24. The molecular weight excluding hydrogens is 188 g/mol. The average Bonchev–Trinajstić information content (AvgIpc) is 2.72. The lowest BCUT2D eigenvalue weighted by molar-refractivity contribution is -0.109. The molecule has 0 radical (unpaired) electrons. The number of benzene rings is 1. The number of anilines is 1. The number of carbonyl (C=O) groups is 1. The molecule has 1 aromatic rings. The van der Waals surface area contributed by atoms with Gasteiger partial charge in [0.05, 0.1) is 6.04 Å². The molecule has 0 aromatic heterocycles. The number of nitrogens with two attached hydrogens (primary N) is 1. The first-order valence-electron chi connectivity index (χ1n) is 5.34. The molecule has 1 heterocycles. The summed E-state index contributed by atoms with van der Waals surface area (Å²) in [6.07, 6.45) is 2.03. The van der Waals surface area contributed by atoms with Gasteiger partial charge in [0.1, 0.15) is 6.29 Å². The molecule has 80 valence electrons. The van der Waals surface area contributed by atoms with Gasteiger partial charge < -0.3 is 15.4 Å². The smallest absolute Gasteiger partial charge is 0.142 e. The minimum atomic E-state index is -0.0441. The monoisotopic (exact) mass is 204 g/mol. The zero-order valence-electron chi connectivity index (χ0n) is 8.67. The molecule has 0 spiro atoms. The van der Waals surface area contributed by atoms with Crippen molar-refractivity contribution in [2.75, 3.05) is 18.0 Å². The van der Waals surface area contributed by atoms with Gasteiger partial charge in [-0.3, -0.25) is 0 Å². The average molecular weight is 204 g/mol. The highest BCUT2D eigenvalue weighted by molar-refractivity contribution is 5.68. The number of hydrogen-bond donors (Lipinski definition) is 1. The number of rotatable bonds is 3. The van der Waals surface area contributed by atoms with Crippen molar-refractivity contribution in [3.63, 3.8) is 0 Å². The highest BCUT2D eigenvalue weighted by Gasteiger charge is 2.32. The summed E-state index contributed by atoms with van der Waals surface area (Å²) in [6, 6.07) is 10.00. The van der Waals surface area contributed by atoms with Gasteiger partial charge in [-0.2, -0.15) is 0 Å². The molecule has 0 bridgehead atoms. The van der Waals surface area contributed by atoms with Crippen molar-refractivity contribution < 1.29 is 4.79 Å². The van der Waals surface area contributed by atoms with E-state index in [0.717, 1.165) is 24.9 Å². The van der Waals surface area contributed by atoms with Crippen molar-refractivity contribution in [2.24, 2.45) is 11.7 Å². The largest absolute Gasteiger partial charge is 0.361 e. The number of hydrogen-bond acceptors (Lipinski definition) is 3. The van der Waals surface area contributed by atoms with Crippen LogP contribution < -0.4 is 10.6 Å². The molecule has 2 atom stereocenters. The van der Waals surface area contributed by atoms with Gasteiger partial charge in [-0.15, -0.1) is 0 Å². The third-order valence-electron chi connectivity index (χ3n) is 3.11. The Morgan fingerprint density at radius 3 is 2.73 bits per heavy atom. The van der Waals surface area contributed by atoms with E-state index in [2.05, 4.69) is 4.90 Å². The van der Waals surface area contributed by atoms with Crippen LogP contribution >= 0.6 is 0 Å². The first kappa shape index (κ1) is 10.2. The Bertz CT molecular complexity index is 326. The van der Waals surface area contributed by atoms with Crippen LogP contribution in [0, 0.1) is 5.92 Å². The van der Waals surface area contributed by atoms with Crippen molar-refractivity contribution in [1.29, 1.82) is 0 Å². The Morgan fingerprint density at radius 1 is 1.40 bits per heavy atom. The summed E-state index contributed by atoms with van der Waals surface area (Å²) in [4.78, 5) is 13.2. The van der Waals surface area contributed by atoms with Crippen LogP contribution in [0.2, 0.25) is 0 Å². The van der Waals surface area contributed by atoms with Crippen LogP contribution in [-0.2, 0) is 4.79 Å². The Kier molecular flexibility index (Phi) is 3.02. The molecule has 1 aliphatic rings. The van der Waals surface area contributed by atoms with Crippen molar-refractivity contribution in [2.45, 2.75) is 12.5 Å². The van der Waals surface area contributed by atoms with Crippen LogP contribution in [0.25, 0.3) is 0 Å². The fourth-order valence-electron chi connectivity index (χ4n) is 2.24. The van der Waals surface area contributed by atoms with Crippen LogP contribution in [0.15, 0.2) is 30.3 Å². The quantitative estimate of drug-likeness (QED) is 0.748. The van der Waals surface area contributed by atoms with Crippen molar-refractivity contribution in [1.82, 2.24) is 0 Å². The minimum absolute atomic E-state index is 0.0441. The predicted octanol–water partition coefficient (Wildman–Crippen LogP) is 1.04. The predicted molar refractivity (Wildman–Crippen MR) is 60.8 cm³/mol. The molecule has 2 rings (SSSR count). The standard InChI is InChI=1S/C12H16N2O/c13-8-10-6-7-14(12(10)9-15)11-4-2-1-3-5-11/h1-5,9-10,12H,6-8,13H2. The van der Waals surface area contributed by atoms with E-state index in [4.69, 9.17) is 5.73 Å². The molecule has 1 saturated heterocycles. The zero-order chi connectivity index (χ0) is 10.7. The van der Waals surface area contributed by atoms with E-state index in [0.29, 0.717) is 12.5 Å². The van der Waals surface area contributed by atoms with E-state index in [-0.39, 0.29) is 6.04 Å². The Balaban J connectivity index is 2.20. The molecule has 3 nitrogen and oxygen atoms in total. The Labute approximate surface area is 89.9 Å². The van der Waals surface area contributed by atoms with E-state index in [9.17, 15) is 4.79 Å². The number of nitrogens with zero attached hydrogens (tertiary/aromatic N) is 1. The third-order valence-corrected chi connectivity index (χ3v) is 3.11. The molecule has 2 unspecified atom stereocenters. The van der Waals surface area contributed by atoms with Crippen molar-refractivity contribution in [3.8, 4) is 0 Å². The zero-order valence-corrected chi connectivity index (χ0v) is 8.67. The molecule has 0 amide bonds. The molecule has 2 N–H and O–H groups in total. The molecule has 1 fully saturated rings. The van der Waals surface area contributed by atoms with Gasteiger partial charge in [0.25, 0.3) is 0 Å². The topological polar surface area (TPSA) is 46.3 Å². The fraction of sp³-hybridized carbons (Fsp3) is 0.417. The normalized spacial score (nSPS) is 25.5. The van der Waals surface area contributed by atoms with Gasteiger partial charge in [0.2, 0.25) is 0 Å². The summed E-state index contributed by atoms with van der Waals surface area (Å²) in [7, 11) is 0. The van der Waals surface area contributed by atoms with Crippen LogP contribution in [0.4, 0.5) is 5.69 Å². The summed E-state index contributed by atoms with van der Waals surface area (Å²) in [5.41, 5.74) is 6.77. The SMILES string of the molecule is NCC1CCN(c2ccccc2)C1C=O. The van der Waals surface area contributed by atoms with Crippen molar-refractivity contribution in [3.05, 3.63) is 30.3 Å². The second-order valence-corrected chi connectivity index (χ2v) is 3.94. The first-order chi connectivity index (χ1) is 7.36. The molecule has 1 aliphatic heterocycles. The summed E-state index contributed by atoms with van der Waals surface area (Å²) < 4.78 is 0. The van der Waals surface area contributed by atoms with E-state index >= 15 is 0 Å². The minimum Gasteiger partial charge on any atom is -0.361 e. The summed E-state index contributed by atoms with van der Waals surface area (Å²) in [6.45, 7) is 1.52. The van der Waals surface area contributed by atoms with Gasteiger partial charge in [-0.25, -0.2) is 0 Å². The van der Waals surface area contributed by atoms with Crippen LogP contribution in [0.3, 0.4) is 0 Å².